The van der Waals surface area contributed by atoms with Crippen LogP contribution in [-0.2, 0) is 11.8 Å². The summed E-state index contributed by atoms with van der Waals surface area (Å²) in [6, 6.07) is 6.25. The van der Waals surface area contributed by atoms with Crippen LogP contribution in [0.1, 0.15) is 12.8 Å². The molecule has 10 heteroatoms. The third-order valence-corrected chi connectivity index (χ3v) is 6.67. The first-order valence-electron chi connectivity index (χ1n) is 11.8. The van der Waals surface area contributed by atoms with Gasteiger partial charge in [-0.1, -0.05) is 18.2 Å². The van der Waals surface area contributed by atoms with Crippen molar-refractivity contribution >= 4 is 40.5 Å². The number of halogens is 1. The number of nitrogens with one attached hydrogen (secondary N) is 2. The maximum atomic E-state index is 12.3. The van der Waals surface area contributed by atoms with Crippen LogP contribution in [-0.4, -0.2) is 65.7 Å². The van der Waals surface area contributed by atoms with Crippen LogP contribution in [0, 0.1) is 0 Å². The van der Waals surface area contributed by atoms with Crippen LogP contribution in [0.4, 0.5) is 23.0 Å². The molecule has 0 spiro atoms. The van der Waals surface area contributed by atoms with Gasteiger partial charge >= 0.3 is 0 Å². The number of hydrogen-bond acceptors (Lipinski definition) is 7. The van der Waals surface area contributed by atoms with E-state index < -0.39 is 0 Å². The molecule has 3 aromatic rings. The van der Waals surface area contributed by atoms with Crippen LogP contribution in [0.15, 0.2) is 49.4 Å². The third-order valence-electron chi connectivity index (χ3n) is 6.39. The number of nitrogens with zero attached hydrogens (tertiary/aromatic N) is 5. The molecule has 1 aliphatic heterocycles. The summed E-state index contributed by atoms with van der Waals surface area (Å²) in [7, 11) is 7.78. The second-order valence-corrected chi connectivity index (χ2v) is 9.43. The Labute approximate surface area is 216 Å². The highest BCUT2D eigenvalue weighted by atomic mass is 35.5. The van der Waals surface area contributed by atoms with E-state index in [0.29, 0.717) is 39.8 Å². The van der Waals surface area contributed by atoms with Gasteiger partial charge in [0.05, 0.1) is 41.1 Å². The zero-order valence-corrected chi connectivity index (χ0v) is 21.8. The molecule has 1 aromatic carbocycles. The Morgan fingerprint density at radius 3 is 2.64 bits per heavy atom. The van der Waals surface area contributed by atoms with Crippen molar-refractivity contribution in [2.75, 3.05) is 49.8 Å². The highest BCUT2D eigenvalue weighted by molar-refractivity contribution is 6.32. The number of anilines is 4. The number of ether oxygens (including phenoxy) is 1. The fourth-order valence-electron chi connectivity index (χ4n) is 4.40. The molecule has 1 saturated heterocycles. The lowest BCUT2D eigenvalue weighted by atomic mass is 10.0. The van der Waals surface area contributed by atoms with Crippen LogP contribution >= 0.6 is 11.6 Å². The lowest BCUT2D eigenvalue weighted by Crippen LogP contribution is -2.42. The normalized spacial score (nSPS) is 14.1. The lowest BCUT2D eigenvalue weighted by Gasteiger charge is -2.37. The number of carbonyl (C=O) groups excluding carboxylic acids is 1. The molecule has 1 aliphatic rings. The summed E-state index contributed by atoms with van der Waals surface area (Å²) in [5.74, 6) is 0.679. The highest BCUT2D eigenvalue weighted by Gasteiger charge is 2.24. The van der Waals surface area contributed by atoms with Gasteiger partial charge in [0.2, 0.25) is 11.9 Å². The molecule has 190 valence electrons. The maximum Gasteiger partial charge on any atom is 0.247 e. The summed E-state index contributed by atoms with van der Waals surface area (Å²) in [6.45, 7) is 5.34. The van der Waals surface area contributed by atoms with E-state index in [1.807, 2.05) is 42.2 Å². The number of benzene rings is 1. The molecule has 4 rings (SSSR count). The number of aryl methyl sites for hydroxylation is 1. The van der Waals surface area contributed by atoms with Crippen molar-refractivity contribution in [1.82, 2.24) is 19.4 Å². The van der Waals surface area contributed by atoms with Gasteiger partial charge in [-0.2, -0.15) is 0 Å². The van der Waals surface area contributed by atoms with Gasteiger partial charge in [-0.05, 0) is 45.1 Å². The first-order valence-corrected chi connectivity index (χ1v) is 12.2. The molecule has 2 aromatic heterocycles. The van der Waals surface area contributed by atoms with Crippen LogP contribution in [0.3, 0.4) is 0 Å². The summed E-state index contributed by atoms with van der Waals surface area (Å²) in [5.41, 5.74) is 3.67. The average Bonchev–Trinajstić information content (AvgIpc) is 3.31. The smallest absolute Gasteiger partial charge is 0.247 e. The van der Waals surface area contributed by atoms with Gasteiger partial charge in [0, 0.05) is 50.2 Å². The summed E-state index contributed by atoms with van der Waals surface area (Å²) in [5, 5.41) is 6.64. The van der Waals surface area contributed by atoms with Crippen molar-refractivity contribution in [3.8, 4) is 17.0 Å². The van der Waals surface area contributed by atoms with E-state index in [-0.39, 0.29) is 5.91 Å². The zero-order chi connectivity index (χ0) is 25.8. The average molecular weight is 510 g/mol. The van der Waals surface area contributed by atoms with E-state index in [9.17, 15) is 4.79 Å². The van der Waals surface area contributed by atoms with Gasteiger partial charge in [-0.3, -0.25) is 4.79 Å². The molecule has 1 amide bonds. The first kappa shape index (κ1) is 25.5. The second-order valence-electron chi connectivity index (χ2n) is 9.03. The number of aromatic nitrogens is 3. The van der Waals surface area contributed by atoms with E-state index in [1.165, 1.54) is 6.08 Å². The maximum absolute atomic E-state index is 12.3. The molecule has 0 radical (unpaired) electrons. The Morgan fingerprint density at radius 2 is 2.03 bits per heavy atom. The molecule has 0 atom stereocenters. The molecule has 0 saturated carbocycles. The van der Waals surface area contributed by atoms with Crippen molar-refractivity contribution in [3.05, 3.63) is 54.5 Å². The van der Waals surface area contributed by atoms with Crippen LogP contribution in [0.25, 0.3) is 11.3 Å². The second kappa shape index (κ2) is 11.0. The number of methoxy groups -OCH3 is 1. The van der Waals surface area contributed by atoms with Crippen molar-refractivity contribution in [2.45, 2.75) is 18.9 Å². The fourth-order valence-corrected chi connectivity index (χ4v) is 4.60. The number of hydrogen-bond donors (Lipinski definition) is 2. The van der Waals surface area contributed by atoms with Gasteiger partial charge in [-0.15, -0.1) is 0 Å². The Hall–Kier alpha value is -3.56. The van der Waals surface area contributed by atoms with Crippen LogP contribution < -0.4 is 20.3 Å². The molecule has 36 heavy (non-hydrogen) atoms. The third kappa shape index (κ3) is 5.63. The largest absolute Gasteiger partial charge is 0.494 e. The minimum atomic E-state index is -0.287. The molecule has 0 aliphatic carbocycles. The minimum absolute atomic E-state index is 0.287. The standard InChI is InChI=1S/C26H32ClN7O2/c1-6-24(35)29-20-13-21(23(36-5)14-22(20)34-11-8-18(9-12-34)32(2)3)30-26-28-15-19(27)25(31-26)17-7-10-33(4)16-17/h6-7,10,13-16,18H,1,8-9,11-12H2,2-5H3,(H,29,35)(H,28,30,31). The zero-order valence-electron chi connectivity index (χ0n) is 21.1. The number of rotatable bonds is 8. The lowest BCUT2D eigenvalue weighted by molar-refractivity contribution is -0.111. The minimum Gasteiger partial charge on any atom is -0.494 e. The quantitative estimate of drug-likeness (QED) is 0.431. The molecule has 2 N–H and O–H groups in total. The number of carbonyl (C=O) groups is 1. The van der Waals surface area contributed by atoms with Crippen molar-refractivity contribution in [1.29, 1.82) is 0 Å². The Bertz CT molecular complexity index is 1250. The molecular weight excluding hydrogens is 478 g/mol. The highest BCUT2D eigenvalue weighted by Crippen LogP contribution is 2.39. The van der Waals surface area contributed by atoms with Gasteiger partial charge in [0.1, 0.15) is 5.75 Å². The summed E-state index contributed by atoms with van der Waals surface area (Å²) in [6.07, 6.45) is 8.76. The van der Waals surface area contributed by atoms with E-state index in [4.69, 9.17) is 16.3 Å². The molecule has 1 fully saturated rings. The predicted octanol–water partition coefficient (Wildman–Crippen LogP) is 4.54. The monoisotopic (exact) mass is 509 g/mol. The molecule has 0 unspecified atom stereocenters. The topological polar surface area (TPSA) is 87.5 Å². The van der Waals surface area contributed by atoms with E-state index in [1.54, 1.807) is 13.3 Å². The van der Waals surface area contributed by atoms with Crippen molar-refractivity contribution in [2.24, 2.45) is 7.05 Å². The van der Waals surface area contributed by atoms with Gasteiger partial charge in [-0.25, -0.2) is 9.97 Å². The number of piperidine rings is 1. The molecule has 0 bridgehead atoms. The number of amides is 1. The summed E-state index contributed by atoms with van der Waals surface area (Å²) < 4.78 is 7.65. The Morgan fingerprint density at radius 1 is 1.28 bits per heavy atom. The molecule has 9 nitrogen and oxygen atoms in total. The van der Waals surface area contributed by atoms with E-state index >= 15 is 0 Å². The van der Waals surface area contributed by atoms with Crippen molar-refractivity contribution < 1.29 is 9.53 Å². The predicted molar refractivity (Wildman–Crippen MR) is 145 cm³/mol. The summed E-state index contributed by atoms with van der Waals surface area (Å²) >= 11 is 6.38. The van der Waals surface area contributed by atoms with Gasteiger partial charge in [0.15, 0.2) is 0 Å². The van der Waals surface area contributed by atoms with Crippen LogP contribution in [0.2, 0.25) is 5.02 Å². The Balaban J connectivity index is 1.68. The fraction of sp³-hybridized carbons (Fsp3) is 0.346. The first-order chi connectivity index (χ1) is 17.3. The van der Waals surface area contributed by atoms with Crippen LogP contribution in [0.5, 0.6) is 5.75 Å². The van der Waals surface area contributed by atoms with Crippen molar-refractivity contribution in [3.63, 3.8) is 0 Å². The Kier molecular flexibility index (Phi) is 7.81. The molecule has 3 heterocycles. The molecular formula is C26H32ClN7O2. The summed E-state index contributed by atoms with van der Waals surface area (Å²) in [4.78, 5) is 25.8. The van der Waals surface area contributed by atoms with E-state index in [0.717, 1.165) is 37.2 Å². The van der Waals surface area contributed by atoms with E-state index in [2.05, 4.69) is 51.1 Å². The SMILES string of the molecule is C=CC(=O)Nc1cc(Nc2ncc(Cl)c(-c3ccn(C)c3)n2)c(OC)cc1N1CCC(N(C)C)CC1. The van der Waals surface area contributed by atoms with Gasteiger partial charge in [0.25, 0.3) is 0 Å². The van der Waals surface area contributed by atoms with Gasteiger partial charge < -0.3 is 29.7 Å².